The van der Waals surface area contributed by atoms with E-state index < -0.39 is 5.91 Å². The number of aromatic amines is 1. The van der Waals surface area contributed by atoms with Gasteiger partial charge in [-0.25, -0.2) is 9.97 Å². The van der Waals surface area contributed by atoms with Crippen molar-refractivity contribution in [1.82, 2.24) is 15.0 Å². The lowest BCUT2D eigenvalue weighted by Crippen LogP contribution is -2.12. The minimum atomic E-state index is -0.539. The lowest BCUT2D eigenvalue weighted by Gasteiger charge is -1.92. The predicted molar refractivity (Wildman–Crippen MR) is 47.1 cm³/mol. The first kappa shape index (κ1) is 7.72. The number of aromatic nitrogens is 3. The van der Waals surface area contributed by atoms with Gasteiger partial charge in [0.2, 0.25) is 0 Å². The molecule has 5 nitrogen and oxygen atoms in total. The van der Waals surface area contributed by atoms with Crippen molar-refractivity contribution in [3.63, 3.8) is 0 Å². The maximum atomic E-state index is 10.8. The second-order valence-corrected chi connectivity index (χ2v) is 2.75. The number of carbonyl (C=O) groups is 1. The van der Waals surface area contributed by atoms with E-state index in [2.05, 4.69) is 15.0 Å². The van der Waals surface area contributed by atoms with Crippen LogP contribution in [0, 0.1) is 6.92 Å². The van der Waals surface area contributed by atoms with Crippen LogP contribution in [0.1, 0.15) is 16.3 Å². The van der Waals surface area contributed by atoms with Gasteiger partial charge in [0.05, 0.1) is 5.52 Å². The Hall–Kier alpha value is -1.91. The molecule has 0 bridgehead atoms. The van der Waals surface area contributed by atoms with Crippen molar-refractivity contribution in [1.29, 1.82) is 0 Å². The summed E-state index contributed by atoms with van der Waals surface area (Å²) in [5.41, 5.74) is 6.64. The second-order valence-electron chi connectivity index (χ2n) is 2.75. The number of hydrogen-bond donors (Lipinski definition) is 2. The van der Waals surface area contributed by atoms with E-state index in [-0.39, 0.29) is 5.69 Å². The second kappa shape index (κ2) is 2.55. The number of imidazole rings is 1. The summed E-state index contributed by atoms with van der Waals surface area (Å²) < 4.78 is 0. The minimum absolute atomic E-state index is 0.235. The molecule has 0 aromatic carbocycles. The first-order valence-electron chi connectivity index (χ1n) is 3.80. The van der Waals surface area contributed by atoms with Crippen molar-refractivity contribution in [2.24, 2.45) is 5.73 Å². The van der Waals surface area contributed by atoms with Crippen LogP contribution in [-0.4, -0.2) is 20.9 Å². The van der Waals surface area contributed by atoms with Gasteiger partial charge in [-0.05, 0) is 19.1 Å². The quantitative estimate of drug-likeness (QED) is 0.658. The molecule has 13 heavy (non-hydrogen) atoms. The third-order valence-electron chi connectivity index (χ3n) is 1.72. The van der Waals surface area contributed by atoms with Gasteiger partial charge in [-0.3, -0.25) is 4.79 Å². The van der Waals surface area contributed by atoms with Crippen molar-refractivity contribution in [3.05, 3.63) is 23.7 Å². The summed E-state index contributed by atoms with van der Waals surface area (Å²) in [6.45, 7) is 1.83. The molecule has 0 atom stereocenters. The topological polar surface area (TPSA) is 84.7 Å². The molecule has 0 spiro atoms. The Bertz CT molecular complexity index is 474. The van der Waals surface area contributed by atoms with Gasteiger partial charge in [-0.15, -0.1) is 0 Å². The summed E-state index contributed by atoms with van der Waals surface area (Å²) in [6.07, 6.45) is 0. The van der Waals surface area contributed by atoms with Crippen molar-refractivity contribution in [2.75, 3.05) is 0 Å². The summed E-state index contributed by atoms with van der Waals surface area (Å²) in [6, 6.07) is 3.31. The molecule has 2 aromatic rings. The van der Waals surface area contributed by atoms with Crippen molar-refractivity contribution in [2.45, 2.75) is 6.92 Å². The van der Waals surface area contributed by atoms with Crippen LogP contribution in [0.25, 0.3) is 11.2 Å². The number of fused-ring (bicyclic) bond motifs is 1. The molecule has 0 aliphatic heterocycles. The van der Waals surface area contributed by atoms with E-state index in [4.69, 9.17) is 5.73 Å². The number of rotatable bonds is 1. The number of nitrogens with zero attached hydrogens (tertiary/aromatic N) is 2. The Kier molecular flexibility index (Phi) is 1.51. The van der Waals surface area contributed by atoms with E-state index in [1.165, 1.54) is 0 Å². The molecule has 0 unspecified atom stereocenters. The van der Waals surface area contributed by atoms with Crippen LogP contribution >= 0.6 is 0 Å². The molecule has 2 aromatic heterocycles. The van der Waals surface area contributed by atoms with E-state index in [1.807, 2.05) is 6.92 Å². The van der Waals surface area contributed by atoms with E-state index in [9.17, 15) is 4.79 Å². The molecule has 0 radical (unpaired) electrons. The zero-order chi connectivity index (χ0) is 9.42. The molecule has 0 fully saturated rings. The third-order valence-corrected chi connectivity index (χ3v) is 1.72. The molecule has 0 saturated carbocycles. The Morgan fingerprint density at radius 2 is 2.23 bits per heavy atom. The molecule has 5 heteroatoms. The Labute approximate surface area is 74.0 Å². The van der Waals surface area contributed by atoms with Gasteiger partial charge in [0.15, 0.2) is 5.65 Å². The zero-order valence-electron chi connectivity index (χ0n) is 7.03. The fourth-order valence-corrected chi connectivity index (χ4v) is 1.15. The van der Waals surface area contributed by atoms with Crippen LogP contribution in [0.3, 0.4) is 0 Å². The van der Waals surface area contributed by atoms with E-state index in [1.54, 1.807) is 12.1 Å². The van der Waals surface area contributed by atoms with Crippen LogP contribution in [0.15, 0.2) is 12.1 Å². The monoisotopic (exact) mass is 176 g/mol. The fourth-order valence-electron chi connectivity index (χ4n) is 1.15. The summed E-state index contributed by atoms with van der Waals surface area (Å²) in [7, 11) is 0. The molecular formula is C8H8N4O. The molecule has 2 rings (SSSR count). The normalized spacial score (nSPS) is 10.5. The SMILES string of the molecule is Cc1nc2nc(C(N)=O)ccc2[nH]1. The standard InChI is InChI=1S/C8H8N4O/c1-4-10-6-3-2-5(7(9)13)12-8(6)11-4/h2-3H,1H3,(H2,9,13)(H,10,11,12). The molecule has 0 aliphatic carbocycles. The summed E-state index contributed by atoms with van der Waals surface area (Å²) in [4.78, 5) is 21.8. The van der Waals surface area contributed by atoms with E-state index >= 15 is 0 Å². The van der Waals surface area contributed by atoms with Crippen LogP contribution < -0.4 is 5.73 Å². The average molecular weight is 176 g/mol. The van der Waals surface area contributed by atoms with Gasteiger partial charge < -0.3 is 10.7 Å². The van der Waals surface area contributed by atoms with Crippen LogP contribution in [-0.2, 0) is 0 Å². The van der Waals surface area contributed by atoms with E-state index in [0.29, 0.717) is 5.65 Å². The van der Waals surface area contributed by atoms with Crippen LogP contribution in [0.2, 0.25) is 0 Å². The Morgan fingerprint density at radius 1 is 1.46 bits per heavy atom. The third kappa shape index (κ3) is 1.24. The maximum absolute atomic E-state index is 10.8. The minimum Gasteiger partial charge on any atom is -0.364 e. The number of nitrogens with two attached hydrogens (primary N) is 1. The lowest BCUT2D eigenvalue weighted by atomic mass is 10.3. The number of carbonyl (C=O) groups excluding carboxylic acids is 1. The summed E-state index contributed by atoms with van der Waals surface area (Å²) in [5.74, 6) is 0.228. The first-order valence-corrected chi connectivity index (χ1v) is 3.80. The number of H-pyrrole nitrogens is 1. The van der Waals surface area contributed by atoms with Crippen molar-refractivity contribution >= 4 is 17.1 Å². The highest BCUT2D eigenvalue weighted by Gasteiger charge is 2.05. The van der Waals surface area contributed by atoms with Crippen molar-refractivity contribution < 1.29 is 4.79 Å². The predicted octanol–water partition coefficient (Wildman–Crippen LogP) is 0.365. The maximum Gasteiger partial charge on any atom is 0.267 e. The fraction of sp³-hybridized carbons (Fsp3) is 0.125. The number of pyridine rings is 1. The lowest BCUT2D eigenvalue weighted by molar-refractivity contribution is 0.0996. The highest BCUT2D eigenvalue weighted by Crippen LogP contribution is 2.08. The molecular weight excluding hydrogens is 168 g/mol. The zero-order valence-corrected chi connectivity index (χ0v) is 7.03. The van der Waals surface area contributed by atoms with Gasteiger partial charge in [-0.1, -0.05) is 0 Å². The Morgan fingerprint density at radius 3 is 2.92 bits per heavy atom. The Balaban J connectivity index is 2.67. The summed E-state index contributed by atoms with van der Waals surface area (Å²) in [5, 5.41) is 0. The smallest absolute Gasteiger partial charge is 0.267 e. The van der Waals surface area contributed by atoms with Crippen LogP contribution in [0.4, 0.5) is 0 Å². The average Bonchev–Trinajstić information content (AvgIpc) is 2.42. The number of aryl methyl sites for hydroxylation is 1. The molecule has 0 aliphatic rings. The van der Waals surface area contributed by atoms with Gasteiger partial charge >= 0.3 is 0 Å². The molecule has 0 saturated heterocycles. The van der Waals surface area contributed by atoms with Crippen LogP contribution in [0.5, 0.6) is 0 Å². The van der Waals surface area contributed by atoms with Gasteiger partial charge in [0.1, 0.15) is 11.5 Å². The van der Waals surface area contributed by atoms with Crippen molar-refractivity contribution in [3.8, 4) is 0 Å². The number of nitrogens with one attached hydrogen (secondary N) is 1. The van der Waals surface area contributed by atoms with Gasteiger partial charge in [0, 0.05) is 0 Å². The number of hydrogen-bond acceptors (Lipinski definition) is 3. The van der Waals surface area contributed by atoms with Gasteiger partial charge in [0.25, 0.3) is 5.91 Å². The van der Waals surface area contributed by atoms with Gasteiger partial charge in [-0.2, -0.15) is 0 Å². The first-order chi connectivity index (χ1) is 6.16. The molecule has 66 valence electrons. The highest BCUT2D eigenvalue weighted by molar-refractivity contribution is 5.92. The summed E-state index contributed by atoms with van der Waals surface area (Å²) >= 11 is 0. The molecule has 2 heterocycles. The number of amides is 1. The molecule has 1 amide bonds. The highest BCUT2D eigenvalue weighted by atomic mass is 16.1. The number of primary amides is 1. The largest absolute Gasteiger partial charge is 0.364 e. The van der Waals surface area contributed by atoms with E-state index in [0.717, 1.165) is 11.3 Å². The molecule has 3 N–H and O–H groups in total.